The number of benzene rings is 1. The molecule has 0 bridgehead atoms. The summed E-state index contributed by atoms with van der Waals surface area (Å²) >= 11 is 1.42. The number of thiazole rings is 1. The lowest BCUT2D eigenvalue weighted by molar-refractivity contribution is 0.0991. The molecular formula is C14H12N4OS. The number of aromatic nitrogens is 3. The minimum Gasteiger partial charge on any atom is -0.327 e. The van der Waals surface area contributed by atoms with Gasteiger partial charge in [0.05, 0.1) is 12.5 Å². The Labute approximate surface area is 119 Å². The van der Waals surface area contributed by atoms with Crippen LogP contribution in [0.25, 0.3) is 5.69 Å². The third-order valence-corrected chi connectivity index (χ3v) is 3.70. The maximum atomic E-state index is 12.3. The summed E-state index contributed by atoms with van der Waals surface area (Å²) in [7, 11) is 1.86. The third-order valence-electron chi connectivity index (χ3n) is 2.85. The average Bonchev–Trinajstić information content (AvgIpc) is 3.09. The molecule has 2 heterocycles. The van der Waals surface area contributed by atoms with E-state index in [2.05, 4.69) is 9.98 Å². The van der Waals surface area contributed by atoms with Crippen molar-refractivity contribution in [3.8, 4) is 5.69 Å². The Kier molecular flexibility index (Phi) is 3.30. The van der Waals surface area contributed by atoms with Gasteiger partial charge in [-0.15, -0.1) is 11.3 Å². The molecule has 0 saturated heterocycles. The van der Waals surface area contributed by atoms with Crippen LogP contribution >= 0.6 is 11.3 Å². The van der Waals surface area contributed by atoms with E-state index >= 15 is 0 Å². The maximum Gasteiger partial charge on any atom is 0.298 e. The van der Waals surface area contributed by atoms with Crippen molar-refractivity contribution >= 4 is 17.2 Å². The quantitative estimate of drug-likeness (QED) is 0.723. The van der Waals surface area contributed by atoms with E-state index in [0.717, 1.165) is 5.69 Å². The second-order valence-electron chi connectivity index (χ2n) is 4.20. The van der Waals surface area contributed by atoms with Crippen LogP contribution in [0.2, 0.25) is 0 Å². The Morgan fingerprint density at radius 3 is 2.80 bits per heavy atom. The predicted octanol–water partition coefficient (Wildman–Crippen LogP) is 2.01. The first-order valence-corrected chi connectivity index (χ1v) is 6.90. The molecule has 2 aromatic heterocycles. The topological polar surface area (TPSA) is 52.2 Å². The molecule has 0 unspecified atom stereocenters. The molecule has 0 aliphatic rings. The van der Waals surface area contributed by atoms with Crippen molar-refractivity contribution < 1.29 is 4.79 Å². The van der Waals surface area contributed by atoms with Gasteiger partial charge in [-0.3, -0.25) is 9.36 Å². The van der Waals surface area contributed by atoms with Crippen molar-refractivity contribution in [2.75, 3.05) is 0 Å². The van der Waals surface area contributed by atoms with Gasteiger partial charge in [-0.1, -0.05) is 18.2 Å². The lowest BCUT2D eigenvalue weighted by Gasteiger charge is -2.04. The first-order valence-electron chi connectivity index (χ1n) is 6.02. The van der Waals surface area contributed by atoms with E-state index in [0.29, 0.717) is 10.5 Å². The Hall–Kier alpha value is -2.47. The van der Waals surface area contributed by atoms with Crippen molar-refractivity contribution in [1.29, 1.82) is 0 Å². The average molecular weight is 284 g/mol. The Balaban J connectivity index is 2.03. The second kappa shape index (κ2) is 5.26. The summed E-state index contributed by atoms with van der Waals surface area (Å²) in [6, 6.07) is 9.60. The van der Waals surface area contributed by atoms with E-state index < -0.39 is 0 Å². The Bertz CT molecular complexity index is 798. The predicted molar refractivity (Wildman–Crippen MR) is 76.7 cm³/mol. The van der Waals surface area contributed by atoms with Crippen LogP contribution in [0.1, 0.15) is 10.5 Å². The molecule has 3 aromatic rings. The normalized spacial score (nSPS) is 11.8. The van der Waals surface area contributed by atoms with Crippen LogP contribution in [0.3, 0.4) is 0 Å². The number of aryl methyl sites for hydroxylation is 1. The largest absolute Gasteiger partial charge is 0.327 e. The van der Waals surface area contributed by atoms with Gasteiger partial charge < -0.3 is 4.57 Å². The second-order valence-corrected chi connectivity index (χ2v) is 5.07. The zero-order valence-corrected chi connectivity index (χ0v) is 11.6. The standard InChI is InChI=1S/C14H12N4OS/c1-17-7-8-20-14(17)16-13(19)12-9-15-10-18(12)11-5-3-2-4-6-11/h2-10H,1H3. The molecule has 0 spiro atoms. The lowest BCUT2D eigenvalue weighted by Crippen LogP contribution is -2.14. The zero-order chi connectivity index (χ0) is 13.9. The monoisotopic (exact) mass is 284 g/mol. The molecule has 0 N–H and O–H groups in total. The van der Waals surface area contributed by atoms with Crippen LogP contribution in [-0.4, -0.2) is 20.0 Å². The number of amides is 1. The molecule has 0 fully saturated rings. The van der Waals surface area contributed by atoms with Gasteiger partial charge in [0.25, 0.3) is 5.91 Å². The smallest absolute Gasteiger partial charge is 0.298 e. The van der Waals surface area contributed by atoms with E-state index in [-0.39, 0.29) is 5.91 Å². The van der Waals surface area contributed by atoms with Gasteiger partial charge in [-0.05, 0) is 12.1 Å². The lowest BCUT2D eigenvalue weighted by atomic mass is 10.3. The number of carbonyl (C=O) groups is 1. The minimum absolute atomic E-state index is 0.301. The first kappa shape index (κ1) is 12.6. The van der Waals surface area contributed by atoms with E-state index in [4.69, 9.17) is 0 Å². The summed E-state index contributed by atoms with van der Waals surface area (Å²) in [6.07, 6.45) is 5.02. The molecule has 3 rings (SSSR count). The number of para-hydroxylation sites is 1. The first-order chi connectivity index (χ1) is 9.75. The summed E-state index contributed by atoms with van der Waals surface area (Å²) < 4.78 is 3.55. The summed E-state index contributed by atoms with van der Waals surface area (Å²) in [4.78, 5) is 21.1. The summed E-state index contributed by atoms with van der Waals surface area (Å²) in [5.41, 5.74) is 1.34. The van der Waals surface area contributed by atoms with Gasteiger partial charge in [0, 0.05) is 24.3 Å². The fraction of sp³-hybridized carbons (Fsp3) is 0.0714. The van der Waals surface area contributed by atoms with Gasteiger partial charge in [0.1, 0.15) is 5.69 Å². The van der Waals surface area contributed by atoms with Crippen molar-refractivity contribution in [3.63, 3.8) is 0 Å². The van der Waals surface area contributed by atoms with Crippen LogP contribution in [0.4, 0.5) is 0 Å². The molecule has 100 valence electrons. The maximum absolute atomic E-state index is 12.3. The van der Waals surface area contributed by atoms with Crippen molar-refractivity contribution in [3.05, 3.63) is 64.9 Å². The van der Waals surface area contributed by atoms with Gasteiger partial charge in [-0.2, -0.15) is 4.99 Å². The molecule has 6 heteroatoms. The number of imidazole rings is 1. The fourth-order valence-electron chi connectivity index (χ4n) is 1.83. The molecule has 0 aliphatic heterocycles. The molecule has 1 amide bonds. The molecule has 0 atom stereocenters. The van der Waals surface area contributed by atoms with Crippen LogP contribution in [0.15, 0.2) is 59.4 Å². The fourth-order valence-corrected chi connectivity index (χ4v) is 2.55. The van der Waals surface area contributed by atoms with Crippen molar-refractivity contribution in [2.45, 2.75) is 0 Å². The van der Waals surface area contributed by atoms with Gasteiger partial charge in [0.15, 0.2) is 4.80 Å². The summed E-state index contributed by atoms with van der Waals surface area (Å²) in [5, 5.41) is 1.89. The number of hydrogen-bond donors (Lipinski definition) is 0. The number of hydrogen-bond acceptors (Lipinski definition) is 3. The van der Waals surface area contributed by atoms with E-state index in [1.807, 2.05) is 53.5 Å². The van der Waals surface area contributed by atoms with Crippen LogP contribution < -0.4 is 4.80 Å². The van der Waals surface area contributed by atoms with Crippen LogP contribution in [-0.2, 0) is 7.05 Å². The minimum atomic E-state index is -0.301. The molecule has 1 aromatic carbocycles. The molecule has 5 nitrogen and oxygen atoms in total. The van der Waals surface area contributed by atoms with Gasteiger partial charge >= 0.3 is 0 Å². The number of nitrogens with zero attached hydrogens (tertiary/aromatic N) is 4. The van der Waals surface area contributed by atoms with E-state index in [9.17, 15) is 4.79 Å². The molecular weight excluding hydrogens is 272 g/mol. The summed E-state index contributed by atoms with van der Waals surface area (Å²) in [5.74, 6) is -0.301. The molecule has 0 aliphatic carbocycles. The van der Waals surface area contributed by atoms with Gasteiger partial charge in [0.2, 0.25) is 0 Å². The third kappa shape index (κ3) is 2.33. The highest BCUT2D eigenvalue weighted by molar-refractivity contribution is 7.07. The number of rotatable bonds is 2. The van der Waals surface area contributed by atoms with Gasteiger partial charge in [-0.25, -0.2) is 4.98 Å². The van der Waals surface area contributed by atoms with Crippen molar-refractivity contribution in [2.24, 2.45) is 12.0 Å². The Morgan fingerprint density at radius 2 is 2.10 bits per heavy atom. The highest BCUT2D eigenvalue weighted by Crippen LogP contribution is 2.11. The van der Waals surface area contributed by atoms with E-state index in [1.165, 1.54) is 17.5 Å². The zero-order valence-electron chi connectivity index (χ0n) is 10.8. The van der Waals surface area contributed by atoms with Crippen LogP contribution in [0, 0.1) is 0 Å². The molecule has 0 radical (unpaired) electrons. The van der Waals surface area contributed by atoms with E-state index in [1.54, 1.807) is 10.9 Å². The highest BCUT2D eigenvalue weighted by Gasteiger charge is 2.12. The molecule has 0 saturated carbocycles. The summed E-state index contributed by atoms with van der Waals surface area (Å²) in [6.45, 7) is 0. The highest BCUT2D eigenvalue weighted by atomic mass is 32.1. The SMILES string of the molecule is Cn1ccsc1=NC(=O)c1cncn1-c1ccccc1. The Morgan fingerprint density at radius 1 is 1.30 bits per heavy atom. The number of carbonyl (C=O) groups excluding carboxylic acids is 1. The molecule has 20 heavy (non-hydrogen) atoms. The van der Waals surface area contributed by atoms with Crippen LogP contribution in [0.5, 0.6) is 0 Å². The van der Waals surface area contributed by atoms with Crippen molar-refractivity contribution in [1.82, 2.24) is 14.1 Å².